The molecule has 1 rings (SSSR count). The largest absolute Gasteiger partial charge is 0.481 e. The lowest BCUT2D eigenvalue weighted by molar-refractivity contribution is 0.308. The predicted octanol–water partition coefficient (Wildman–Crippen LogP) is 3.41. The molecule has 0 bridgehead atoms. The molecule has 1 fully saturated rings. The standard InChI is InChI=1S/C7H13BF3/c1-6-4-2-3-5-7(6)8(9,10)11/h6-7H,2-5H2,1H3/q-1/t6-,7-/m1/s1. The second kappa shape index (κ2) is 3.07. The Morgan fingerprint density at radius 2 is 1.64 bits per heavy atom. The lowest BCUT2D eigenvalue weighted by Crippen LogP contribution is -2.31. The third kappa shape index (κ3) is 2.14. The molecule has 1 aliphatic rings. The van der Waals surface area contributed by atoms with Crippen LogP contribution >= 0.6 is 0 Å². The zero-order valence-electron chi connectivity index (χ0n) is 6.69. The Morgan fingerprint density at radius 3 is 2.00 bits per heavy atom. The van der Waals surface area contributed by atoms with Crippen molar-refractivity contribution in [2.24, 2.45) is 5.92 Å². The van der Waals surface area contributed by atoms with Gasteiger partial charge < -0.3 is 12.9 Å². The number of hydrogen-bond donors (Lipinski definition) is 0. The summed E-state index contributed by atoms with van der Waals surface area (Å²) in [6.07, 6.45) is 2.86. The average molecular weight is 165 g/mol. The Bertz CT molecular complexity index is 132. The van der Waals surface area contributed by atoms with E-state index in [1.54, 1.807) is 6.92 Å². The zero-order valence-corrected chi connectivity index (χ0v) is 6.69. The van der Waals surface area contributed by atoms with Crippen molar-refractivity contribution in [2.75, 3.05) is 0 Å². The molecule has 1 aliphatic carbocycles. The Kier molecular flexibility index (Phi) is 2.50. The Hall–Kier alpha value is -0.145. The van der Waals surface area contributed by atoms with Crippen LogP contribution in [0.1, 0.15) is 32.6 Å². The smallest absolute Gasteiger partial charge is 0.449 e. The van der Waals surface area contributed by atoms with Crippen LogP contribution < -0.4 is 0 Å². The maximum Gasteiger partial charge on any atom is 0.481 e. The summed E-state index contributed by atoms with van der Waals surface area (Å²) >= 11 is 0. The van der Waals surface area contributed by atoms with E-state index in [0.29, 0.717) is 6.42 Å². The third-order valence-electron chi connectivity index (χ3n) is 2.66. The van der Waals surface area contributed by atoms with Crippen LogP contribution in [0.5, 0.6) is 0 Å². The molecule has 0 amide bonds. The molecule has 0 radical (unpaired) electrons. The van der Waals surface area contributed by atoms with Crippen LogP contribution in [-0.2, 0) is 0 Å². The highest BCUT2D eigenvalue weighted by Crippen LogP contribution is 2.42. The summed E-state index contributed by atoms with van der Waals surface area (Å²) in [6, 6.07) is 0. The Labute approximate surface area is 65.2 Å². The van der Waals surface area contributed by atoms with E-state index >= 15 is 0 Å². The van der Waals surface area contributed by atoms with Gasteiger partial charge >= 0.3 is 6.98 Å². The van der Waals surface area contributed by atoms with Gasteiger partial charge in [-0.2, -0.15) is 0 Å². The molecule has 0 heterocycles. The molecule has 66 valence electrons. The highest BCUT2D eigenvalue weighted by Gasteiger charge is 2.38. The van der Waals surface area contributed by atoms with Crippen molar-refractivity contribution >= 4 is 6.98 Å². The Balaban J connectivity index is 2.55. The van der Waals surface area contributed by atoms with Crippen LogP contribution in [0, 0.1) is 5.92 Å². The van der Waals surface area contributed by atoms with Gasteiger partial charge in [0.1, 0.15) is 0 Å². The first-order valence-electron chi connectivity index (χ1n) is 4.22. The summed E-state index contributed by atoms with van der Waals surface area (Å²) in [5, 5.41) is 0. The van der Waals surface area contributed by atoms with E-state index in [9.17, 15) is 12.9 Å². The average Bonchev–Trinajstić information content (AvgIpc) is 1.86. The van der Waals surface area contributed by atoms with Gasteiger partial charge in [-0.25, -0.2) is 0 Å². The van der Waals surface area contributed by atoms with E-state index in [-0.39, 0.29) is 5.92 Å². The zero-order chi connectivity index (χ0) is 8.48. The van der Waals surface area contributed by atoms with Gasteiger partial charge in [0.05, 0.1) is 0 Å². The van der Waals surface area contributed by atoms with Crippen LogP contribution in [0.15, 0.2) is 0 Å². The van der Waals surface area contributed by atoms with Crippen molar-refractivity contribution < 1.29 is 12.9 Å². The molecule has 0 spiro atoms. The highest BCUT2D eigenvalue weighted by atomic mass is 19.4. The monoisotopic (exact) mass is 165 g/mol. The molecule has 2 atom stereocenters. The lowest BCUT2D eigenvalue weighted by atomic mass is 9.60. The fraction of sp³-hybridized carbons (Fsp3) is 1.00. The van der Waals surface area contributed by atoms with E-state index in [1.165, 1.54) is 0 Å². The SMILES string of the molecule is C[C@@H]1CCCC[C@H]1[B-](F)(F)F. The summed E-state index contributed by atoms with van der Waals surface area (Å²) in [4.78, 5) is 0. The highest BCUT2D eigenvalue weighted by molar-refractivity contribution is 6.60. The molecular weight excluding hydrogens is 152 g/mol. The first-order chi connectivity index (χ1) is 5.02. The molecule has 11 heavy (non-hydrogen) atoms. The maximum absolute atomic E-state index is 12.3. The normalized spacial score (nSPS) is 33.8. The minimum Gasteiger partial charge on any atom is -0.449 e. The minimum absolute atomic E-state index is 0.135. The van der Waals surface area contributed by atoms with E-state index in [0.717, 1.165) is 19.3 Å². The molecule has 0 saturated heterocycles. The molecule has 0 nitrogen and oxygen atoms in total. The predicted molar refractivity (Wildman–Crippen MR) is 40.5 cm³/mol. The first-order valence-corrected chi connectivity index (χ1v) is 4.22. The molecule has 0 unspecified atom stereocenters. The number of halogens is 3. The Morgan fingerprint density at radius 1 is 1.09 bits per heavy atom. The number of hydrogen-bond acceptors (Lipinski definition) is 0. The number of rotatable bonds is 1. The fourth-order valence-corrected chi connectivity index (χ4v) is 1.91. The maximum atomic E-state index is 12.3. The van der Waals surface area contributed by atoms with Crippen LogP contribution in [0.3, 0.4) is 0 Å². The molecule has 0 aliphatic heterocycles. The van der Waals surface area contributed by atoms with Gasteiger partial charge in [-0.05, 0) is 0 Å². The summed E-state index contributed by atoms with van der Waals surface area (Å²) in [7, 11) is 0. The summed E-state index contributed by atoms with van der Waals surface area (Å²) in [5.41, 5.74) is 0. The third-order valence-corrected chi connectivity index (χ3v) is 2.66. The lowest BCUT2D eigenvalue weighted by Gasteiger charge is -2.35. The van der Waals surface area contributed by atoms with Crippen LogP contribution in [0.25, 0.3) is 0 Å². The van der Waals surface area contributed by atoms with Crippen molar-refractivity contribution in [2.45, 2.75) is 38.4 Å². The van der Waals surface area contributed by atoms with Crippen molar-refractivity contribution in [1.82, 2.24) is 0 Å². The molecule has 0 N–H and O–H groups in total. The first kappa shape index (κ1) is 8.95. The second-order valence-corrected chi connectivity index (χ2v) is 3.55. The molecule has 0 aromatic carbocycles. The van der Waals surface area contributed by atoms with Gasteiger partial charge in [-0.1, -0.05) is 44.3 Å². The van der Waals surface area contributed by atoms with Gasteiger partial charge in [-0.15, -0.1) is 0 Å². The van der Waals surface area contributed by atoms with E-state index < -0.39 is 12.8 Å². The van der Waals surface area contributed by atoms with Crippen molar-refractivity contribution in [1.29, 1.82) is 0 Å². The van der Waals surface area contributed by atoms with E-state index in [4.69, 9.17) is 0 Å². The summed E-state index contributed by atoms with van der Waals surface area (Å²) in [5.74, 6) is -1.10. The van der Waals surface area contributed by atoms with Gasteiger partial charge in [0.25, 0.3) is 0 Å². The van der Waals surface area contributed by atoms with Gasteiger partial charge in [0, 0.05) is 0 Å². The molecular formula is C7H13BF3-. The topological polar surface area (TPSA) is 0 Å². The van der Waals surface area contributed by atoms with Crippen molar-refractivity contribution in [3.05, 3.63) is 0 Å². The van der Waals surface area contributed by atoms with E-state index in [2.05, 4.69) is 0 Å². The molecule has 0 aromatic heterocycles. The quantitative estimate of drug-likeness (QED) is 0.522. The van der Waals surface area contributed by atoms with E-state index in [1.807, 2.05) is 0 Å². The molecule has 4 heteroatoms. The van der Waals surface area contributed by atoms with Gasteiger partial charge in [0.15, 0.2) is 0 Å². The molecule has 1 saturated carbocycles. The van der Waals surface area contributed by atoms with Crippen molar-refractivity contribution in [3.8, 4) is 0 Å². The van der Waals surface area contributed by atoms with Crippen LogP contribution in [0.4, 0.5) is 12.9 Å². The molecule has 0 aromatic rings. The minimum atomic E-state index is -4.57. The van der Waals surface area contributed by atoms with Gasteiger partial charge in [0.2, 0.25) is 0 Å². The second-order valence-electron chi connectivity index (χ2n) is 3.55. The van der Waals surface area contributed by atoms with Crippen LogP contribution in [0.2, 0.25) is 5.82 Å². The fourth-order valence-electron chi connectivity index (χ4n) is 1.91. The van der Waals surface area contributed by atoms with Crippen LogP contribution in [-0.4, -0.2) is 6.98 Å². The van der Waals surface area contributed by atoms with Gasteiger partial charge in [-0.3, -0.25) is 0 Å². The summed E-state index contributed by atoms with van der Waals surface area (Å²) < 4.78 is 36.8. The summed E-state index contributed by atoms with van der Waals surface area (Å²) in [6.45, 7) is -2.85. The van der Waals surface area contributed by atoms with Crippen molar-refractivity contribution in [3.63, 3.8) is 0 Å².